The van der Waals surface area contributed by atoms with Crippen LogP contribution in [0.15, 0.2) is 0 Å². The number of rotatable bonds is 20. The van der Waals surface area contributed by atoms with Crippen LogP contribution in [-0.4, -0.2) is 153 Å². The van der Waals surface area contributed by atoms with Crippen molar-refractivity contribution in [2.24, 2.45) is 34.5 Å². The second-order valence-electron chi connectivity index (χ2n) is 24.1. The number of carbonyl (C=O) groups is 8. The van der Waals surface area contributed by atoms with Crippen LogP contribution in [0.4, 0.5) is 0 Å². The lowest BCUT2D eigenvalue weighted by atomic mass is 9.80. The number of carbonyl (C=O) groups excluding carboxylic acids is 8. The molecule has 18 nitrogen and oxygen atoms in total. The third kappa shape index (κ3) is 18.0. The Balaban J connectivity index is 0.000000459. The summed E-state index contributed by atoms with van der Waals surface area (Å²) in [6, 6.07) is -3.20. The second kappa shape index (κ2) is 29.2. The van der Waals surface area contributed by atoms with Gasteiger partial charge in [0.25, 0.3) is 0 Å². The molecule has 0 radical (unpaired) electrons. The molecular weight excluding hydrogens is 929 g/mol. The van der Waals surface area contributed by atoms with Crippen molar-refractivity contribution in [3.63, 3.8) is 0 Å². The fraction of sp³-hybridized carbons (Fsp3) is 0.855. The molecule has 0 aromatic carbocycles. The van der Waals surface area contributed by atoms with Crippen molar-refractivity contribution in [2.75, 3.05) is 47.3 Å². The third-order valence-corrected chi connectivity index (χ3v) is 16.6. The average Bonchev–Trinajstić information content (AvgIpc) is 4.09. The maximum Gasteiger partial charge on any atom is 0.246 e. The number of likely N-dealkylation sites (tertiary alicyclic amines) is 2. The predicted molar refractivity (Wildman–Crippen MR) is 285 cm³/mol. The molecule has 5 aliphatic rings. The number of nitrogens with one attached hydrogen (secondary N) is 8. The Kier molecular flexibility index (Phi) is 24.6. The van der Waals surface area contributed by atoms with Crippen LogP contribution < -0.4 is 42.5 Å². The van der Waals surface area contributed by atoms with Gasteiger partial charge in [0, 0.05) is 50.1 Å². The van der Waals surface area contributed by atoms with E-state index >= 15 is 0 Å². The summed E-state index contributed by atoms with van der Waals surface area (Å²) in [7, 11) is 5.38. The van der Waals surface area contributed by atoms with E-state index in [0.717, 1.165) is 57.7 Å². The van der Waals surface area contributed by atoms with E-state index in [9.17, 15) is 38.4 Å². The first kappa shape index (κ1) is 61.4. The minimum Gasteiger partial charge on any atom is -0.354 e. The predicted octanol–water partition coefficient (Wildman–Crippen LogP) is 3.70. The number of hydrogen-bond donors (Lipinski definition) is 8. The maximum absolute atomic E-state index is 14.0. The van der Waals surface area contributed by atoms with Gasteiger partial charge in [-0.25, -0.2) is 0 Å². The van der Waals surface area contributed by atoms with Gasteiger partial charge in [0.15, 0.2) is 0 Å². The molecule has 0 aromatic heterocycles. The van der Waals surface area contributed by atoms with Crippen molar-refractivity contribution in [2.45, 2.75) is 219 Å². The van der Waals surface area contributed by atoms with Crippen LogP contribution in [0.25, 0.3) is 0 Å². The molecule has 5 rings (SSSR count). The quantitative estimate of drug-likeness (QED) is 0.0819. The lowest BCUT2D eigenvalue weighted by Gasteiger charge is -2.37. The van der Waals surface area contributed by atoms with Crippen LogP contribution in [0.5, 0.6) is 0 Å². The fourth-order valence-electron chi connectivity index (χ4n) is 11.5. The minimum atomic E-state index is -0.777. The Bertz CT molecular complexity index is 1820. The smallest absolute Gasteiger partial charge is 0.246 e. The first-order valence-corrected chi connectivity index (χ1v) is 28.1. The Hall–Kier alpha value is -4.16. The van der Waals surface area contributed by atoms with Gasteiger partial charge in [-0.15, -0.1) is 0 Å². The highest BCUT2D eigenvalue weighted by molar-refractivity contribution is 5.94. The van der Waals surface area contributed by atoms with E-state index in [1.807, 2.05) is 48.6 Å². The molecule has 5 fully saturated rings. The molecule has 3 saturated carbocycles. The first-order valence-electron chi connectivity index (χ1n) is 28.1. The SMILES string of the molecule is CN[C@@H](C)C(=O)N[C@H](C(=O)N1CCC[C@H]1C(=O)N[C@H](CNC(=O)C1CCCC(C(=O)NC[C@@H](NC)C2CCCCC2)C1)C1CCCCC1)C(C)(C)C.CN[C@@H](C)C(=O)N[C@H](C(=O)N1CCC[C@H]1C=O)C(C)(C)C. The Morgan fingerprint density at radius 1 is 0.507 bits per heavy atom. The largest absolute Gasteiger partial charge is 0.354 e. The van der Waals surface area contributed by atoms with E-state index < -0.39 is 35.0 Å². The lowest BCUT2D eigenvalue weighted by molar-refractivity contribution is -0.144. The van der Waals surface area contributed by atoms with Crippen molar-refractivity contribution in [3.8, 4) is 0 Å². The lowest BCUT2D eigenvalue weighted by Crippen LogP contribution is -2.60. The van der Waals surface area contributed by atoms with Gasteiger partial charge in [-0.3, -0.25) is 33.6 Å². The normalized spacial score (nSPS) is 24.6. The third-order valence-electron chi connectivity index (χ3n) is 16.6. The van der Waals surface area contributed by atoms with Crippen molar-refractivity contribution < 1.29 is 38.4 Å². The molecule has 8 N–H and O–H groups in total. The van der Waals surface area contributed by atoms with Gasteiger partial charge in [-0.05, 0) is 128 Å². The second-order valence-corrected chi connectivity index (χ2v) is 24.1. The monoisotopic (exact) mass is 1030 g/mol. The van der Waals surface area contributed by atoms with Crippen LogP contribution in [-0.2, 0) is 38.4 Å². The summed E-state index contributed by atoms with van der Waals surface area (Å²) in [4.78, 5) is 107. The van der Waals surface area contributed by atoms with Gasteiger partial charge < -0.3 is 57.1 Å². The number of likely N-dealkylation sites (N-methyl/N-ethyl adjacent to an activating group) is 3. The van der Waals surface area contributed by atoms with Gasteiger partial charge in [-0.2, -0.15) is 0 Å². The topological polar surface area (TPSA) is 239 Å². The van der Waals surface area contributed by atoms with E-state index in [2.05, 4.69) is 42.5 Å². The van der Waals surface area contributed by atoms with E-state index in [1.54, 1.807) is 37.7 Å². The standard InChI is InChI=1S/C40H71N7O5.C15H27N3O3/c1-26(41-5)35(48)46-34(40(2,3)4)39(52)47-22-14-21-33(47)38(51)45-32(28-17-11-8-12-18-28)25-44-37(50)30-20-13-19-29(23-30)36(49)43-24-31(42-6)27-15-9-7-10-16-27;1-10(16-5)13(20)17-12(15(2,3)4)14(21)18-8-6-7-11(18)9-19/h26-34,41-42H,7-25H2,1-6H3,(H,43,49)(H,44,50)(H,45,51)(H,46,48);9-12,16H,6-8H2,1-5H3,(H,17,20)/t26-,29?,30?,31+,32+,33-,34+;10-,11-,12+/m00/s1. The van der Waals surface area contributed by atoms with Crippen molar-refractivity contribution in [3.05, 3.63) is 0 Å². The molecule has 10 atom stereocenters. The molecule has 0 spiro atoms. The summed E-state index contributed by atoms with van der Waals surface area (Å²) in [5.41, 5.74) is -0.974. The highest BCUT2D eigenvalue weighted by atomic mass is 16.2. The summed E-state index contributed by atoms with van der Waals surface area (Å²) >= 11 is 0. The van der Waals surface area contributed by atoms with Gasteiger partial charge in [-0.1, -0.05) is 86.5 Å². The van der Waals surface area contributed by atoms with Crippen LogP contribution in [0.1, 0.15) is 171 Å². The highest BCUT2D eigenvalue weighted by Crippen LogP contribution is 2.32. The number of amides is 7. The highest BCUT2D eigenvalue weighted by Gasteiger charge is 2.44. The molecule has 73 heavy (non-hydrogen) atoms. The molecule has 2 saturated heterocycles. The van der Waals surface area contributed by atoms with Gasteiger partial charge in [0.05, 0.1) is 18.1 Å². The van der Waals surface area contributed by atoms with Crippen molar-refractivity contribution in [1.29, 1.82) is 0 Å². The molecule has 0 aromatic rings. The zero-order valence-corrected chi connectivity index (χ0v) is 46.7. The average molecular weight is 1030 g/mol. The zero-order valence-electron chi connectivity index (χ0n) is 46.7. The van der Waals surface area contributed by atoms with Crippen molar-refractivity contribution >= 4 is 47.6 Å². The van der Waals surface area contributed by atoms with Crippen LogP contribution in [0, 0.1) is 34.5 Å². The van der Waals surface area contributed by atoms with E-state index in [0.29, 0.717) is 57.8 Å². The fourth-order valence-corrected chi connectivity index (χ4v) is 11.5. The first-order chi connectivity index (χ1) is 34.5. The number of nitrogens with zero attached hydrogens (tertiary/aromatic N) is 2. The molecule has 2 unspecified atom stereocenters. The summed E-state index contributed by atoms with van der Waals surface area (Å²) in [6.07, 6.45) is 18.1. The van der Waals surface area contributed by atoms with E-state index in [1.165, 1.54) is 38.5 Å². The van der Waals surface area contributed by atoms with Crippen LogP contribution in [0.3, 0.4) is 0 Å². The van der Waals surface area contributed by atoms with Gasteiger partial charge in [0.1, 0.15) is 24.4 Å². The van der Waals surface area contributed by atoms with Gasteiger partial charge >= 0.3 is 0 Å². The van der Waals surface area contributed by atoms with Crippen LogP contribution in [0.2, 0.25) is 0 Å². The zero-order chi connectivity index (χ0) is 54.0. The molecule has 3 aliphatic carbocycles. The van der Waals surface area contributed by atoms with E-state index in [-0.39, 0.29) is 83.3 Å². The molecule has 2 heterocycles. The Labute approximate surface area is 438 Å². The molecule has 7 amide bonds. The minimum absolute atomic E-state index is 0.0416. The number of hydrogen-bond acceptors (Lipinski definition) is 11. The summed E-state index contributed by atoms with van der Waals surface area (Å²) in [5.74, 6) is -0.633. The maximum atomic E-state index is 14.0. The molecule has 18 heteroatoms. The Morgan fingerprint density at radius 2 is 0.945 bits per heavy atom. The van der Waals surface area contributed by atoms with Gasteiger partial charge in [0.2, 0.25) is 41.4 Å². The summed E-state index contributed by atoms with van der Waals surface area (Å²) < 4.78 is 0. The van der Waals surface area contributed by atoms with Crippen molar-refractivity contribution in [1.82, 2.24) is 52.3 Å². The molecule has 416 valence electrons. The molecular formula is C55H98N10O8. The molecule has 2 aliphatic heterocycles. The molecule has 0 bridgehead atoms. The summed E-state index contributed by atoms with van der Waals surface area (Å²) in [6.45, 7) is 17.0. The number of aldehydes is 1. The summed E-state index contributed by atoms with van der Waals surface area (Å²) in [5, 5.41) is 24.7. The Morgan fingerprint density at radius 3 is 1.40 bits per heavy atom. The van der Waals surface area contributed by atoms with Crippen LogP contribution >= 0.6 is 0 Å². The van der Waals surface area contributed by atoms with E-state index in [4.69, 9.17) is 0 Å².